The van der Waals surface area contributed by atoms with E-state index in [2.05, 4.69) is 59.8 Å². The highest BCUT2D eigenvalue weighted by atomic mass is 79.9. The van der Waals surface area contributed by atoms with Crippen LogP contribution in [-0.2, 0) is 19.0 Å². The molecule has 2 aromatic rings. The van der Waals surface area contributed by atoms with Crippen molar-refractivity contribution in [2.75, 3.05) is 0 Å². The summed E-state index contributed by atoms with van der Waals surface area (Å²) in [6.07, 6.45) is 0. The highest BCUT2D eigenvalue weighted by molar-refractivity contribution is 9.11. The van der Waals surface area contributed by atoms with Crippen LogP contribution in [0.2, 0.25) is 0 Å². The molecule has 0 saturated heterocycles. The molecule has 1 aromatic heterocycles. The van der Waals surface area contributed by atoms with Gasteiger partial charge in [-0.05, 0) is 79.3 Å². The molecule has 0 aliphatic carbocycles. The average Bonchev–Trinajstić information content (AvgIpc) is 2.73. The highest BCUT2D eigenvalue weighted by Crippen LogP contribution is 2.36. The predicted molar refractivity (Wildman–Crippen MR) is 96.1 cm³/mol. The van der Waals surface area contributed by atoms with Crippen LogP contribution in [0.1, 0.15) is 23.9 Å². The minimum atomic E-state index is 0.437. The van der Waals surface area contributed by atoms with Gasteiger partial charge in [-0.1, -0.05) is 0 Å². The van der Waals surface area contributed by atoms with Crippen LogP contribution in [0.5, 0.6) is 5.75 Å². The summed E-state index contributed by atoms with van der Waals surface area (Å²) in [5.41, 5.74) is 3.01. The average molecular weight is 501 g/mol. The van der Waals surface area contributed by atoms with Gasteiger partial charge in [0.05, 0.1) is 24.8 Å². The lowest BCUT2D eigenvalue weighted by atomic mass is 10.2. The maximum absolute atomic E-state index is 5.96. The summed E-state index contributed by atoms with van der Waals surface area (Å²) in [5.74, 6) is 1.22. The largest absolute Gasteiger partial charge is 0.485 e. The summed E-state index contributed by atoms with van der Waals surface area (Å²) in [4.78, 5) is 0. The molecule has 0 fully saturated rings. The van der Waals surface area contributed by atoms with Crippen molar-refractivity contribution >= 4 is 59.4 Å². The Morgan fingerprint density at radius 1 is 1.24 bits per heavy atom. The zero-order valence-corrected chi connectivity index (χ0v) is 17.1. The van der Waals surface area contributed by atoms with Crippen LogP contribution in [0.15, 0.2) is 25.6 Å². The second-order valence-corrected chi connectivity index (χ2v) is 7.24. The van der Waals surface area contributed by atoms with Crippen LogP contribution >= 0.6 is 59.4 Å². The molecule has 0 aliphatic heterocycles. The Balaban J connectivity index is 2.25. The molecule has 1 heterocycles. The van der Waals surface area contributed by atoms with Crippen molar-refractivity contribution in [3.63, 3.8) is 0 Å². The molecule has 1 aromatic carbocycles. The Morgan fingerprint density at radius 2 is 1.86 bits per heavy atom. The lowest BCUT2D eigenvalue weighted by Crippen LogP contribution is -2.07. The van der Waals surface area contributed by atoms with E-state index in [1.54, 1.807) is 0 Å². The van der Waals surface area contributed by atoms with Crippen LogP contribution in [0.3, 0.4) is 0 Å². The molecule has 2 rings (SSSR count). The Hall–Kier alpha value is -0.0400. The van der Waals surface area contributed by atoms with Crippen molar-refractivity contribution in [2.45, 2.75) is 32.9 Å². The molecule has 21 heavy (non-hydrogen) atoms. The maximum atomic E-state index is 5.96. The molecule has 0 spiro atoms. The number of nitrogens with zero attached hydrogens (tertiary/aromatic N) is 2. The van der Waals surface area contributed by atoms with Crippen LogP contribution in [0, 0.1) is 6.92 Å². The monoisotopic (exact) mass is 498 g/mol. The molecular formula is C14H14Br3ClN2O. The van der Waals surface area contributed by atoms with Gasteiger partial charge in [-0.3, -0.25) is 4.68 Å². The second-order valence-electron chi connectivity index (χ2n) is 4.47. The van der Waals surface area contributed by atoms with E-state index in [9.17, 15) is 0 Å². The van der Waals surface area contributed by atoms with Crippen molar-refractivity contribution < 1.29 is 4.74 Å². The van der Waals surface area contributed by atoms with Crippen LogP contribution in [0.4, 0.5) is 0 Å². The summed E-state index contributed by atoms with van der Waals surface area (Å²) in [5, 5.41) is 4.46. The third-order valence-electron chi connectivity index (χ3n) is 3.02. The number of alkyl halides is 1. The fourth-order valence-electron chi connectivity index (χ4n) is 1.97. The van der Waals surface area contributed by atoms with Crippen molar-refractivity contribution in [3.05, 3.63) is 42.5 Å². The predicted octanol–water partition coefficient (Wildman–Crippen LogP) is 5.82. The summed E-state index contributed by atoms with van der Waals surface area (Å²) < 4.78 is 10.7. The van der Waals surface area contributed by atoms with Gasteiger partial charge >= 0.3 is 0 Å². The first kappa shape index (κ1) is 17.3. The van der Waals surface area contributed by atoms with Gasteiger partial charge in [0.25, 0.3) is 0 Å². The molecule has 0 atom stereocenters. The number of ether oxygens (including phenoxy) is 1. The number of benzene rings is 1. The molecule has 7 heteroatoms. The molecule has 0 aliphatic rings. The Labute approximate surface area is 154 Å². The van der Waals surface area contributed by atoms with E-state index >= 15 is 0 Å². The van der Waals surface area contributed by atoms with Crippen molar-refractivity contribution in [2.24, 2.45) is 0 Å². The van der Waals surface area contributed by atoms with E-state index in [0.29, 0.717) is 12.5 Å². The first-order valence-corrected chi connectivity index (χ1v) is 9.27. The topological polar surface area (TPSA) is 27.1 Å². The summed E-state index contributed by atoms with van der Waals surface area (Å²) in [6, 6.07) is 3.93. The van der Waals surface area contributed by atoms with E-state index in [1.807, 2.05) is 23.7 Å². The van der Waals surface area contributed by atoms with Gasteiger partial charge in [-0.15, -0.1) is 11.6 Å². The molecule has 0 unspecified atom stereocenters. The van der Waals surface area contributed by atoms with E-state index in [-0.39, 0.29) is 0 Å². The van der Waals surface area contributed by atoms with Gasteiger partial charge in [0.2, 0.25) is 0 Å². The Kier molecular flexibility index (Phi) is 6.17. The van der Waals surface area contributed by atoms with E-state index in [0.717, 1.165) is 42.7 Å². The van der Waals surface area contributed by atoms with Crippen LogP contribution in [0.25, 0.3) is 0 Å². The third kappa shape index (κ3) is 3.84. The maximum Gasteiger partial charge on any atom is 0.148 e. The van der Waals surface area contributed by atoms with E-state index < -0.39 is 0 Å². The Morgan fingerprint density at radius 3 is 2.38 bits per heavy atom. The molecular weight excluding hydrogens is 487 g/mol. The van der Waals surface area contributed by atoms with E-state index in [1.165, 1.54) is 0 Å². The van der Waals surface area contributed by atoms with Crippen LogP contribution in [-0.4, -0.2) is 9.78 Å². The fourth-order valence-corrected chi connectivity index (χ4v) is 4.04. The summed E-state index contributed by atoms with van der Waals surface area (Å²) in [6.45, 7) is 5.27. The first-order chi connectivity index (χ1) is 9.97. The molecule has 114 valence electrons. The standard InChI is InChI=1S/C14H14Br3ClN2O/c1-3-20-12(13(17)8(2)19-20)7-21-14-10(15)4-9(6-18)5-11(14)16/h4-5H,3,6-7H2,1-2H3. The first-order valence-electron chi connectivity index (χ1n) is 6.36. The van der Waals surface area contributed by atoms with Gasteiger partial charge in [0.15, 0.2) is 0 Å². The van der Waals surface area contributed by atoms with Crippen molar-refractivity contribution in [3.8, 4) is 5.75 Å². The number of hydrogen-bond donors (Lipinski definition) is 0. The molecule has 0 saturated carbocycles. The number of aryl methyl sites for hydroxylation is 2. The highest BCUT2D eigenvalue weighted by Gasteiger charge is 2.15. The lowest BCUT2D eigenvalue weighted by molar-refractivity contribution is 0.288. The zero-order chi connectivity index (χ0) is 15.6. The molecule has 0 amide bonds. The number of aromatic nitrogens is 2. The second kappa shape index (κ2) is 7.49. The van der Waals surface area contributed by atoms with Gasteiger partial charge in [-0.25, -0.2) is 0 Å². The zero-order valence-electron chi connectivity index (χ0n) is 11.6. The summed E-state index contributed by atoms with van der Waals surface area (Å²) >= 11 is 16.5. The van der Waals surface area contributed by atoms with Crippen molar-refractivity contribution in [1.82, 2.24) is 9.78 Å². The minimum Gasteiger partial charge on any atom is -0.485 e. The molecule has 0 bridgehead atoms. The molecule has 0 radical (unpaired) electrons. The smallest absolute Gasteiger partial charge is 0.148 e. The minimum absolute atomic E-state index is 0.437. The lowest BCUT2D eigenvalue weighted by Gasteiger charge is -2.12. The van der Waals surface area contributed by atoms with Gasteiger partial charge < -0.3 is 4.74 Å². The quantitative estimate of drug-likeness (QED) is 0.483. The molecule has 3 nitrogen and oxygen atoms in total. The fraction of sp³-hybridized carbons (Fsp3) is 0.357. The number of hydrogen-bond acceptors (Lipinski definition) is 2. The normalized spacial score (nSPS) is 11.0. The SMILES string of the molecule is CCn1nc(C)c(Br)c1COc1c(Br)cc(CCl)cc1Br. The van der Waals surface area contributed by atoms with Gasteiger partial charge in [0.1, 0.15) is 12.4 Å². The van der Waals surface area contributed by atoms with E-state index in [4.69, 9.17) is 16.3 Å². The van der Waals surface area contributed by atoms with Crippen molar-refractivity contribution in [1.29, 1.82) is 0 Å². The number of halogens is 4. The molecule has 0 N–H and O–H groups in total. The third-order valence-corrected chi connectivity index (χ3v) is 5.54. The summed E-state index contributed by atoms with van der Waals surface area (Å²) in [7, 11) is 0. The van der Waals surface area contributed by atoms with Gasteiger partial charge in [0, 0.05) is 12.4 Å². The number of rotatable bonds is 5. The van der Waals surface area contributed by atoms with Gasteiger partial charge in [-0.2, -0.15) is 5.10 Å². The Bertz CT molecular complexity index is 635. The van der Waals surface area contributed by atoms with Crippen LogP contribution < -0.4 is 4.74 Å².